The summed E-state index contributed by atoms with van der Waals surface area (Å²) in [4.78, 5) is 15.0. The van der Waals surface area contributed by atoms with E-state index >= 15 is 0 Å². The number of carbonyl (C=O) groups is 1. The molecule has 0 aliphatic heterocycles. The van der Waals surface area contributed by atoms with Crippen LogP contribution in [-0.2, 0) is 17.8 Å². The maximum Gasteiger partial charge on any atom is 0.263 e. The molecule has 6 heteroatoms. The molecule has 0 aliphatic carbocycles. The number of ether oxygens (including phenoxy) is 2. The van der Waals surface area contributed by atoms with Crippen LogP contribution < -0.4 is 9.47 Å². The second kappa shape index (κ2) is 7.04. The largest absolute Gasteiger partial charge is 0.493 e. The van der Waals surface area contributed by atoms with Crippen LogP contribution in [0.25, 0.3) is 11.7 Å². The van der Waals surface area contributed by atoms with Crippen molar-refractivity contribution < 1.29 is 23.1 Å². The first kappa shape index (κ1) is 15.9. The first-order valence-corrected chi connectivity index (χ1v) is 7.44. The molecule has 3 aromatic rings. The molecule has 2 aromatic heterocycles. The zero-order valence-corrected chi connectivity index (χ0v) is 13.4. The number of oxazole rings is 1. The van der Waals surface area contributed by atoms with Crippen LogP contribution >= 0.6 is 0 Å². The normalized spacial score (nSPS) is 10.6. The molecule has 0 aliphatic rings. The van der Waals surface area contributed by atoms with Gasteiger partial charge in [0.25, 0.3) is 5.89 Å². The van der Waals surface area contributed by atoms with Crippen LogP contribution in [0.4, 0.5) is 0 Å². The molecular formula is C18H17NO5. The Labute approximate surface area is 139 Å². The van der Waals surface area contributed by atoms with E-state index < -0.39 is 0 Å². The van der Waals surface area contributed by atoms with Gasteiger partial charge in [0.15, 0.2) is 17.3 Å². The van der Waals surface area contributed by atoms with E-state index in [2.05, 4.69) is 4.98 Å². The molecule has 0 N–H and O–H groups in total. The number of carbonyl (C=O) groups excluding carboxylic acids is 1. The number of hydrogen-bond acceptors (Lipinski definition) is 6. The van der Waals surface area contributed by atoms with Crippen LogP contribution in [0.5, 0.6) is 11.5 Å². The monoisotopic (exact) mass is 327 g/mol. The summed E-state index contributed by atoms with van der Waals surface area (Å²) in [5.74, 6) is 2.80. The Balaban J connectivity index is 1.75. The van der Waals surface area contributed by atoms with E-state index in [0.717, 1.165) is 11.8 Å². The zero-order valence-electron chi connectivity index (χ0n) is 13.4. The van der Waals surface area contributed by atoms with Crippen molar-refractivity contribution in [2.24, 2.45) is 0 Å². The topological polar surface area (TPSA) is 74.7 Å². The van der Waals surface area contributed by atoms with Gasteiger partial charge in [-0.3, -0.25) is 0 Å². The van der Waals surface area contributed by atoms with E-state index in [4.69, 9.17) is 18.3 Å². The van der Waals surface area contributed by atoms with Crippen LogP contribution in [0.3, 0.4) is 0 Å². The third-order valence-electron chi connectivity index (χ3n) is 3.54. The van der Waals surface area contributed by atoms with E-state index in [9.17, 15) is 4.79 Å². The van der Waals surface area contributed by atoms with Crippen molar-refractivity contribution >= 4 is 6.29 Å². The van der Waals surface area contributed by atoms with Gasteiger partial charge in [0, 0.05) is 6.42 Å². The lowest BCUT2D eigenvalue weighted by Crippen LogP contribution is -2.00. The van der Waals surface area contributed by atoms with Crippen LogP contribution in [0.1, 0.15) is 17.0 Å². The molecule has 0 saturated carbocycles. The number of rotatable bonds is 7. The third-order valence-corrected chi connectivity index (χ3v) is 3.54. The molecule has 1 aromatic carbocycles. The van der Waals surface area contributed by atoms with Crippen molar-refractivity contribution in [3.63, 3.8) is 0 Å². The number of hydrogen-bond donors (Lipinski definition) is 0. The van der Waals surface area contributed by atoms with Crippen molar-refractivity contribution in [1.82, 2.24) is 4.98 Å². The van der Waals surface area contributed by atoms with Gasteiger partial charge in [0.1, 0.15) is 24.3 Å². The number of aromatic nitrogens is 1. The maximum absolute atomic E-state index is 10.6. The minimum Gasteiger partial charge on any atom is -0.493 e. The molecule has 0 bridgehead atoms. The van der Waals surface area contributed by atoms with Gasteiger partial charge in [0.2, 0.25) is 0 Å². The summed E-state index contributed by atoms with van der Waals surface area (Å²) in [7, 11) is 1.56. The quantitative estimate of drug-likeness (QED) is 0.618. The van der Waals surface area contributed by atoms with Gasteiger partial charge in [-0.2, -0.15) is 0 Å². The minimum absolute atomic E-state index is 0.236. The van der Waals surface area contributed by atoms with Crippen LogP contribution in [0.15, 0.2) is 45.4 Å². The van der Waals surface area contributed by atoms with E-state index in [0.29, 0.717) is 41.0 Å². The highest BCUT2D eigenvalue weighted by atomic mass is 16.5. The number of nitrogens with zero attached hydrogens (tertiary/aromatic N) is 1. The molecule has 0 radical (unpaired) electrons. The van der Waals surface area contributed by atoms with Gasteiger partial charge in [-0.1, -0.05) is 6.07 Å². The van der Waals surface area contributed by atoms with Gasteiger partial charge in [-0.05, 0) is 36.8 Å². The number of aryl methyl sites for hydroxylation is 1. The summed E-state index contributed by atoms with van der Waals surface area (Å²) >= 11 is 0. The fourth-order valence-electron chi connectivity index (χ4n) is 2.27. The molecule has 0 amide bonds. The number of benzene rings is 1. The Hall–Kier alpha value is -3.02. The molecule has 6 nitrogen and oxygen atoms in total. The lowest BCUT2D eigenvalue weighted by atomic mass is 10.1. The summed E-state index contributed by atoms with van der Waals surface area (Å²) in [5, 5.41) is 0. The van der Waals surface area contributed by atoms with Crippen molar-refractivity contribution in [1.29, 1.82) is 0 Å². The van der Waals surface area contributed by atoms with Crippen LogP contribution in [0.2, 0.25) is 0 Å². The van der Waals surface area contributed by atoms with Crippen molar-refractivity contribution in [3.8, 4) is 23.1 Å². The average Bonchev–Trinajstić information content (AvgIpc) is 3.23. The van der Waals surface area contributed by atoms with Gasteiger partial charge in [-0.15, -0.1) is 0 Å². The van der Waals surface area contributed by atoms with E-state index in [1.54, 1.807) is 37.6 Å². The zero-order chi connectivity index (χ0) is 16.9. The third kappa shape index (κ3) is 3.32. The van der Waals surface area contributed by atoms with E-state index in [1.807, 2.05) is 13.0 Å². The highest BCUT2D eigenvalue weighted by Gasteiger charge is 2.15. The van der Waals surface area contributed by atoms with Crippen LogP contribution in [0, 0.1) is 6.92 Å². The van der Waals surface area contributed by atoms with Crippen molar-refractivity contribution in [2.75, 3.05) is 7.11 Å². The second-order valence-corrected chi connectivity index (χ2v) is 5.14. The standard InChI is InChI=1S/C18H17NO5/c1-12-14(19-18(24-12)16-4-3-9-22-16)11-23-15-6-5-13(7-8-20)10-17(15)21-2/h3-6,8-10H,7,11H2,1-2H3. The van der Waals surface area contributed by atoms with Crippen molar-refractivity contribution in [3.05, 3.63) is 53.6 Å². The summed E-state index contributed by atoms with van der Waals surface area (Å²) in [6.45, 7) is 2.06. The average molecular weight is 327 g/mol. The Morgan fingerprint density at radius 1 is 1.25 bits per heavy atom. The Bertz CT molecular complexity index is 820. The molecule has 24 heavy (non-hydrogen) atoms. The molecule has 0 spiro atoms. The fraction of sp³-hybridized carbons (Fsp3) is 0.222. The Kier molecular flexibility index (Phi) is 4.65. The predicted molar refractivity (Wildman–Crippen MR) is 86.0 cm³/mol. The highest BCUT2D eigenvalue weighted by molar-refractivity contribution is 5.57. The molecule has 2 heterocycles. The molecular weight excluding hydrogens is 310 g/mol. The highest BCUT2D eigenvalue weighted by Crippen LogP contribution is 2.30. The minimum atomic E-state index is 0.236. The summed E-state index contributed by atoms with van der Waals surface area (Å²) in [6.07, 6.45) is 2.76. The fourth-order valence-corrected chi connectivity index (χ4v) is 2.27. The molecule has 0 saturated heterocycles. The van der Waals surface area contributed by atoms with Crippen molar-refractivity contribution in [2.45, 2.75) is 20.0 Å². The lowest BCUT2D eigenvalue weighted by molar-refractivity contribution is -0.107. The Morgan fingerprint density at radius 3 is 2.83 bits per heavy atom. The SMILES string of the molecule is COc1cc(CC=O)ccc1OCc1nc(-c2ccco2)oc1C. The van der Waals surface area contributed by atoms with Gasteiger partial charge < -0.3 is 23.1 Å². The molecule has 0 unspecified atom stereocenters. The number of furan rings is 1. The number of aldehydes is 1. The first-order chi connectivity index (χ1) is 11.7. The van der Waals surface area contributed by atoms with E-state index in [-0.39, 0.29) is 6.61 Å². The second-order valence-electron chi connectivity index (χ2n) is 5.14. The lowest BCUT2D eigenvalue weighted by Gasteiger charge is -2.10. The predicted octanol–water partition coefficient (Wildman–Crippen LogP) is 3.57. The maximum atomic E-state index is 10.6. The molecule has 0 fully saturated rings. The molecule has 3 rings (SSSR count). The van der Waals surface area contributed by atoms with Gasteiger partial charge >= 0.3 is 0 Å². The van der Waals surface area contributed by atoms with Gasteiger partial charge in [-0.25, -0.2) is 4.98 Å². The smallest absolute Gasteiger partial charge is 0.263 e. The molecule has 0 atom stereocenters. The molecule has 124 valence electrons. The van der Waals surface area contributed by atoms with Crippen LogP contribution in [-0.4, -0.2) is 18.4 Å². The summed E-state index contributed by atoms with van der Waals surface area (Å²) < 4.78 is 22.0. The first-order valence-electron chi connectivity index (χ1n) is 7.44. The van der Waals surface area contributed by atoms with E-state index in [1.165, 1.54) is 0 Å². The summed E-state index contributed by atoms with van der Waals surface area (Å²) in [6, 6.07) is 8.95. The Morgan fingerprint density at radius 2 is 2.12 bits per heavy atom. The van der Waals surface area contributed by atoms with Gasteiger partial charge in [0.05, 0.1) is 13.4 Å². The summed E-state index contributed by atoms with van der Waals surface area (Å²) in [5.41, 5.74) is 1.55. The number of methoxy groups -OCH3 is 1.